The molecule has 0 saturated heterocycles. The largest absolute Gasteiger partial charge is 0.465 e. The van der Waals surface area contributed by atoms with Crippen molar-refractivity contribution in [1.29, 1.82) is 0 Å². The van der Waals surface area contributed by atoms with Gasteiger partial charge in [0.1, 0.15) is 0 Å². The van der Waals surface area contributed by atoms with Gasteiger partial charge in [0.2, 0.25) is 0 Å². The quantitative estimate of drug-likeness (QED) is 0.554. The summed E-state index contributed by atoms with van der Waals surface area (Å²) in [6, 6.07) is 0. The van der Waals surface area contributed by atoms with Crippen LogP contribution in [0.5, 0.6) is 0 Å². The summed E-state index contributed by atoms with van der Waals surface area (Å²) in [6.45, 7) is 6.33. The Hall–Kier alpha value is -0.790. The van der Waals surface area contributed by atoms with E-state index in [1.165, 1.54) is 38.5 Å². The maximum absolute atomic E-state index is 12.2. The minimum Gasteiger partial charge on any atom is -0.465 e. The van der Waals surface area contributed by atoms with Crippen LogP contribution in [0.3, 0.4) is 0 Å². The zero-order chi connectivity index (χ0) is 13.0. The molecule has 0 bridgehead atoms. The van der Waals surface area contributed by atoms with Gasteiger partial charge in [-0.2, -0.15) is 0 Å². The maximum atomic E-state index is 12.2. The van der Waals surface area contributed by atoms with Crippen LogP contribution >= 0.6 is 0 Å². The average molecular weight is 250 g/mol. The van der Waals surface area contributed by atoms with Crippen molar-refractivity contribution in [2.75, 3.05) is 6.61 Å². The van der Waals surface area contributed by atoms with E-state index in [4.69, 9.17) is 4.74 Å². The Morgan fingerprint density at radius 2 is 1.89 bits per heavy atom. The van der Waals surface area contributed by atoms with Gasteiger partial charge in [-0.05, 0) is 31.6 Å². The van der Waals surface area contributed by atoms with Crippen LogP contribution in [0.2, 0.25) is 0 Å². The van der Waals surface area contributed by atoms with Gasteiger partial charge in [0.05, 0.1) is 12.5 Å². The Balaban J connectivity index is 1.85. The molecule has 102 valence electrons. The van der Waals surface area contributed by atoms with Crippen molar-refractivity contribution in [3.8, 4) is 0 Å². The summed E-state index contributed by atoms with van der Waals surface area (Å²) < 4.78 is 5.44. The summed E-state index contributed by atoms with van der Waals surface area (Å²) in [5.41, 5.74) is 1.09. The van der Waals surface area contributed by atoms with E-state index in [1.54, 1.807) is 0 Å². The normalized spacial score (nSPS) is 31.5. The Morgan fingerprint density at radius 3 is 2.67 bits per heavy atom. The van der Waals surface area contributed by atoms with E-state index in [1.807, 2.05) is 6.92 Å². The lowest BCUT2D eigenvalue weighted by atomic mass is 9.65. The van der Waals surface area contributed by atoms with E-state index < -0.39 is 0 Å². The molecule has 0 aromatic heterocycles. The van der Waals surface area contributed by atoms with Crippen molar-refractivity contribution in [3.05, 3.63) is 12.2 Å². The van der Waals surface area contributed by atoms with Gasteiger partial charge in [0.25, 0.3) is 0 Å². The summed E-state index contributed by atoms with van der Waals surface area (Å²) in [5, 5.41) is 0. The zero-order valence-electron chi connectivity index (χ0n) is 11.6. The van der Waals surface area contributed by atoms with Crippen LogP contribution in [0.25, 0.3) is 0 Å². The predicted octanol–water partition coefficient (Wildman–Crippen LogP) is 4.10. The molecule has 0 N–H and O–H groups in total. The molecule has 2 nitrogen and oxygen atoms in total. The minimum atomic E-state index is 0.0628. The summed E-state index contributed by atoms with van der Waals surface area (Å²) in [4.78, 5) is 12.2. The van der Waals surface area contributed by atoms with Crippen LogP contribution in [0.15, 0.2) is 12.2 Å². The third kappa shape index (κ3) is 3.37. The lowest BCUT2D eigenvalue weighted by molar-refractivity contribution is -0.153. The van der Waals surface area contributed by atoms with Crippen LogP contribution in [0.1, 0.15) is 58.3 Å². The molecule has 0 aliphatic heterocycles. The van der Waals surface area contributed by atoms with Crippen molar-refractivity contribution >= 4 is 5.97 Å². The molecule has 0 spiro atoms. The van der Waals surface area contributed by atoms with Crippen LogP contribution in [0.4, 0.5) is 0 Å². The molecule has 0 aromatic carbocycles. The van der Waals surface area contributed by atoms with E-state index in [2.05, 4.69) is 6.58 Å². The monoisotopic (exact) mass is 250 g/mol. The molecule has 2 aliphatic carbocycles. The molecule has 2 rings (SSSR count). The molecule has 3 atom stereocenters. The van der Waals surface area contributed by atoms with Crippen LogP contribution < -0.4 is 0 Å². The van der Waals surface area contributed by atoms with Crippen molar-refractivity contribution in [3.63, 3.8) is 0 Å². The van der Waals surface area contributed by atoms with Gasteiger partial charge < -0.3 is 4.74 Å². The highest BCUT2D eigenvalue weighted by Gasteiger charge is 2.39. The fraction of sp³-hybridized carbons (Fsp3) is 0.812. The van der Waals surface area contributed by atoms with Crippen LogP contribution in [-0.4, -0.2) is 12.6 Å². The number of hydrogen-bond acceptors (Lipinski definition) is 2. The smallest absolute Gasteiger partial charge is 0.309 e. The van der Waals surface area contributed by atoms with Crippen LogP contribution in [0, 0.1) is 17.8 Å². The molecule has 2 fully saturated rings. The topological polar surface area (TPSA) is 26.3 Å². The summed E-state index contributed by atoms with van der Waals surface area (Å²) in [6.07, 6.45) is 9.63. The first-order valence-corrected chi connectivity index (χ1v) is 7.49. The summed E-state index contributed by atoms with van der Waals surface area (Å²) >= 11 is 0. The van der Waals surface area contributed by atoms with Gasteiger partial charge in [-0.15, -0.1) is 6.58 Å². The predicted molar refractivity (Wildman–Crippen MR) is 73.2 cm³/mol. The number of rotatable bonds is 4. The number of ether oxygens (including phenoxy) is 1. The zero-order valence-corrected chi connectivity index (χ0v) is 11.6. The Morgan fingerprint density at radius 1 is 1.17 bits per heavy atom. The molecule has 0 radical (unpaired) electrons. The molecular weight excluding hydrogens is 224 g/mol. The SMILES string of the molecule is C=C(C)CCOC(=O)C1CCCC2CCCCC21. The molecule has 0 aromatic rings. The van der Waals surface area contributed by atoms with E-state index in [9.17, 15) is 4.79 Å². The molecule has 3 unspecified atom stereocenters. The van der Waals surface area contributed by atoms with Gasteiger partial charge in [0, 0.05) is 6.42 Å². The average Bonchev–Trinajstić information content (AvgIpc) is 2.37. The molecular formula is C16H26O2. The highest BCUT2D eigenvalue weighted by atomic mass is 16.5. The number of carbonyl (C=O) groups excluding carboxylic acids is 1. The fourth-order valence-electron chi connectivity index (χ4n) is 3.66. The highest BCUT2D eigenvalue weighted by Crippen LogP contribution is 2.44. The van der Waals surface area contributed by atoms with Crippen molar-refractivity contribution in [2.45, 2.75) is 58.3 Å². The minimum absolute atomic E-state index is 0.0628. The molecule has 2 aliphatic rings. The Labute approximate surface area is 111 Å². The Bertz CT molecular complexity index is 306. The second kappa shape index (κ2) is 6.40. The second-order valence-corrected chi connectivity index (χ2v) is 6.12. The van der Waals surface area contributed by atoms with Crippen molar-refractivity contribution in [2.24, 2.45) is 17.8 Å². The first-order valence-electron chi connectivity index (χ1n) is 7.49. The highest BCUT2D eigenvalue weighted by molar-refractivity contribution is 5.73. The first kappa shape index (κ1) is 13.6. The van der Waals surface area contributed by atoms with E-state index in [0.717, 1.165) is 24.3 Å². The van der Waals surface area contributed by atoms with Gasteiger partial charge in [-0.3, -0.25) is 4.79 Å². The standard InChI is InChI=1S/C16H26O2/c1-12(2)10-11-18-16(17)15-9-5-7-13-6-3-4-8-14(13)15/h13-15H,1,3-11H2,2H3. The third-order valence-electron chi connectivity index (χ3n) is 4.65. The van der Waals surface area contributed by atoms with E-state index in [0.29, 0.717) is 12.5 Å². The van der Waals surface area contributed by atoms with Crippen LogP contribution in [-0.2, 0) is 9.53 Å². The van der Waals surface area contributed by atoms with Crippen molar-refractivity contribution < 1.29 is 9.53 Å². The number of esters is 1. The van der Waals surface area contributed by atoms with Gasteiger partial charge in [-0.25, -0.2) is 0 Å². The van der Waals surface area contributed by atoms with E-state index in [-0.39, 0.29) is 11.9 Å². The Kier molecular flexibility index (Phi) is 4.85. The first-order chi connectivity index (χ1) is 8.68. The molecule has 0 heterocycles. The third-order valence-corrected chi connectivity index (χ3v) is 4.65. The maximum Gasteiger partial charge on any atom is 0.309 e. The second-order valence-electron chi connectivity index (χ2n) is 6.12. The summed E-state index contributed by atoms with van der Waals surface area (Å²) in [5.74, 6) is 1.66. The lowest BCUT2D eigenvalue weighted by Crippen LogP contribution is -2.36. The molecule has 2 saturated carbocycles. The van der Waals surface area contributed by atoms with Gasteiger partial charge in [0.15, 0.2) is 0 Å². The van der Waals surface area contributed by atoms with Gasteiger partial charge in [-0.1, -0.05) is 37.7 Å². The van der Waals surface area contributed by atoms with E-state index >= 15 is 0 Å². The number of carbonyl (C=O) groups is 1. The lowest BCUT2D eigenvalue weighted by Gasteiger charge is -2.40. The van der Waals surface area contributed by atoms with Crippen molar-refractivity contribution in [1.82, 2.24) is 0 Å². The summed E-state index contributed by atoms with van der Waals surface area (Å²) in [7, 11) is 0. The van der Waals surface area contributed by atoms with Gasteiger partial charge >= 0.3 is 5.97 Å². The molecule has 2 heteroatoms. The number of hydrogen-bond donors (Lipinski definition) is 0. The molecule has 18 heavy (non-hydrogen) atoms. The molecule has 0 amide bonds. The fourth-order valence-corrected chi connectivity index (χ4v) is 3.66. The number of fused-ring (bicyclic) bond motifs is 1.